The van der Waals surface area contributed by atoms with Crippen molar-refractivity contribution in [3.8, 4) is 5.75 Å². The molecule has 1 heterocycles. The van der Waals surface area contributed by atoms with E-state index in [2.05, 4.69) is 0 Å². The van der Waals surface area contributed by atoms with Gasteiger partial charge in [0.1, 0.15) is 17.1 Å². The first kappa shape index (κ1) is 23.7. The van der Waals surface area contributed by atoms with Crippen molar-refractivity contribution in [3.63, 3.8) is 0 Å². The molecule has 1 aromatic rings. The highest BCUT2D eigenvalue weighted by atomic mass is 19.3. The third-order valence-electron chi connectivity index (χ3n) is 6.26. The highest BCUT2D eigenvalue weighted by Gasteiger charge is 2.38. The van der Waals surface area contributed by atoms with Crippen LogP contribution in [0.4, 0.5) is 8.78 Å². The van der Waals surface area contributed by atoms with Gasteiger partial charge in [0.05, 0.1) is 6.61 Å². The zero-order valence-corrected chi connectivity index (χ0v) is 18.1. The molecular weight excluding hydrogens is 405 g/mol. The fourth-order valence-corrected chi connectivity index (χ4v) is 4.44. The van der Waals surface area contributed by atoms with Crippen molar-refractivity contribution in [2.24, 2.45) is 5.92 Å². The molecular formula is C23H31BF2O5. The molecule has 1 saturated carbocycles. The molecule has 1 aliphatic heterocycles. The van der Waals surface area contributed by atoms with Crippen LogP contribution in [0.2, 0.25) is 5.82 Å². The van der Waals surface area contributed by atoms with E-state index < -0.39 is 31.2 Å². The number of carbonyl (C=O) groups excluding carboxylic acids is 2. The van der Waals surface area contributed by atoms with Crippen molar-refractivity contribution in [3.05, 3.63) is 29.3 Å². The number of rotatable bonds is 9. The second-order valence-electron chi connectivity index (χ2n) is 9.01. The third-order valence-corrected chi connectivity index (χ3v) is 6.26. The van der Waals surface area contributed by atoms with E-state index in [-0.39, 0.29) is 29.9 Å². The smallest absolute Gasteiger partial charge is 0.526 e. The predicted molar refractivity (Wildman–Crippen MR) is 113 cm³/mol. The summed E-state index contributed by atoms with van der Waals surface area (Å²) in [5, 5.41) is 10.4. The predicted octanol–water partition coefficient (Wildman–Crippen LogP) is 4.99. The standard InChI is InChI=1S/C23H31BF2O5/c1-23(25,26)12-10-19(27)15-18-14-17-8-5-9-20(21(17)31-24(18)29)22(28)30-13-11-16-6-3-2-4-7-16/h5,8-9,16,18,29H,2-4,6-7,10-15H2,1H3/t18-/m1/s1. The highest BCUT2D eigenvalue weighted by Crippen LogP contribution is 2.37. The topological polar surface area (TPSA) is 72.8 Å². The van der Waals surface area contributed by atoms with Crippen LogP contribution in [-0.4, -0.2) is 36.4 Å². The number of Topliss-reactive ketones (excluding diaryl/α,β-unsaturated/α-hetero) is 1. The first-order valence-electron chi connectivity index (χ1n) is 11.3. The molecule has 3 rings (SSSR count). The fourth-order valence-electron chi connectivity index (χ4n) is 4.44. The SMILES string of the molecule is CC(F)(F)CCC(=O)C[C@H]1Cc2cccc(C(=O)OCCC3CCCCC3)c2OB1O. The summed E-state index contributed by atoms with van der Waals surface area (Å²) in [7, 11) is -1.28. The van der Waals surface area contributed by atoms with E-state index in [0.717, 1.165) is 13.3 Å². The minimum Gasteiger partial charge on any atom is -0.535 e. The van der Waals surface area contributed by atoms with Gasteiger partial charge < -0.3 is 14.4 Å². The molecule has 0 radical (unpaired) electrons. The Balaban J connectivity index is 1.56. The zero-order valence-electron chi connectivity index (χ0n) is 18.1. The van der Waals surface area contributed by atoms with Crippen molar-refractivity contribution < 1.29 is 32.8 Å². The molecule has 1 atom stereocenters. The number of hydrogen-bond donors (Lipinski definition) is 1. The molecule has 5 nitrogen and oxygen atoms in total. The van der Waals surface area contributed by atoms with E-state index in [1.165, 1.54) is 32.1 Å². The number of esters is 1. The first-order valence-corrected chi connectivity index (χ1v) is 11.3. The summed E-state index contributed by atoms with van der Waals surface area (Å²) in [6.07, 6.45) is 6.50. The number of hydrogen-bond acceptors (Lipinski definition) is 5. The summed E-state index contributed by atoms with van der Waals surface area (Å²) in [6.45, 7) is 1.14. The van der Waals surface area contributed by atoms with E-state index in [9.17, 15) is 23.4 Å². The monoisotopic (exact) mass is 436 g/mol. The zero-order chi connectivity index (χ0) is 22.4. The minimum absolute atomic E-state index is 0.0489. The van der Waals surface area contributed by atoms with Crippen LogP contribution in [0.3, 0.4) is 0 Å². The largest absolute Gasteiger partial charge is 0.535 e. The Kier molecular flexibility index (Phi) is 8.08. The highest BCUT2D eigenvalue weighted by molar-refractivity contribution is 6.47. The lowest BCUT2D eigenvalue weighted by molar-refractivity contribution is -0.121. The second-order valence-corrected chi connectivity index (χ2v) is 9.01. The van der Waals surface area contributed by atoms with Gasteiger partial charge in [-0.15, -0.1) is 0 Å². The fraction of sp³-hybridized carbons (Fsp3) is 0.652. The maximum absolute atomic E-state index is 13.0. The average Bonchev–Trinajstić information content (AvgIpc) is 2.72. The van der Waals surface area contributed by atoms with Crippen molar-refractivity contribution in [2.75, 3.05) is 6.61 Å². The molecule has 1 fully saturated rings. The van der Waals surface area contributed by atoms with Gasteiger partial charge in [0.25, 0.3) is 0 Å². The summed E-state index contributed by atoms with van der Waals surface area (Å²) in [6, 6.07) is 5.09. The normalized spacial score (nSPS) is 19.5. The molecule has 0 spiro atoms. The van der Waals surface area contributed by atoms with E-state index in [1.807, 2.05) is 0 Å². The van der Waals surface area contributed by atoms with E-state index in [1.54, 1.807) is 18.2 Å². The van der Waals surface area contributed by atoms with Gasteiger partial charge in [-0.3, -0.25) is 4.79 Å². The lowest BCUT2D eigenvalue weighted by atomic mass is 9.64. The number of alkyl halides is 2. The van der Waals surface area contributed by atoms with Crippen LogP contribution >= 0.6 is 0 Å². The van der Waals surface area contributed by atoms with Gasteiger partial charge in [0.15, 0.2) is 0 Å². The summed E-state index contributed by atoms with van der Waals surface area (Å²) < 4.78 is 37.0. The Morgan fingerprint density at radius 3 is 2.71 bits per heavy atom. The number of para-hydroxylation sites is 1. The molecule has 0 unspecified atom stereocenters. The maximum atomic E-state index is 13.0. The van der Waals surface area contributed by atoms with Crippen LogP contribution in [0.5, 0.6) is 5.75 Å². The third kappa shape index (κ3) is 7.02. The summed E-state index contributed by atoms with van der Waals surface area (Å²) in [4.78, 5) is 24.7. The number of ketones is 1. The molecule has 2 aliphatic rings. The Labute approximate surface area is 182 Å². The minimum atomic E-state index is -2.89. The molecule has 0 amide bonds. The Morgan fingerprint density at radius 1 is 1.26 bits per heavy atom. The summed E-state index contributed by atoms with van der Waals surface area (Å²) >= 11 is 0. The van der Waals surface area contributed by atoms with Crippen molar-refractivity contribution in [2.45, 2.75) is 82.9 Å². The van der Waals surface area contributed by atoms with Crippen molar-refractivity contribution in [1.29, 1.82) is 0 Å². The van der Waals surface area contributed by atoms with E-state index in [0.29, 0.717) is 24.5 Å². The van der Waals surface area contributed by atoms with Gasteiger partial charge in [-0.2, -0.15) is 0 Å². The summed E-state index contributed by atoms with van der Waals surface area (Å²) in [5.74, 6) is -3.37. The van der Waals surface area contributed by atoms with Gasteiger partial charge in [-0.25, -0.2) is 13.6 Å². The van der Waals surface area contributed by atoms with E-state index in [4.69, 9.17) is 9.39 Å². The number of carbonyl (C=O) groups is 2. The summed E-state index contributed by atoms with van der Waals surface area (Å²) in [5.41, 5.74) is 0.959. The Hall–Kier alpha value is -1.96. The Morgan fingerprint density at radius 2 is 2.00 bits per heavy atom. The molecule has 31 heavy (non-hydrogen) atoms. The first-order chi connectivity index (χ1) is 14.7. The van der Waals surface area contributed by atoms with Crippen LogP contribution in [0.15, 0.2) is 18.2 Å². The second kappa shape index (κ2) is 10.6. The molecule has 1 N–H and O–H groups in total. The van der Waals surface area contributed by atoms with Crippen molar-refractivity contribution >= 4 is 18.9 Å². The van der Waals surface area contributed by atoms with E-state index >= 15 is 0 Å². The molecule has 0 bridgehead atoms. The molecule has 1 aliphatic carbocycles. The number of halogens is 2. The van der Waals surface area contributed by atoms with Crippen LogP contribution in [0.1, 0.15) is 80.6 Å². The average molecular weight is 436 g/mol. The number of fused-ring (bicyclic) bond motifs is 1. The van der Waals surface area contributed by atoms with Crippen LogP contribution in [0.25, 0.3) is 0 Å². The lowest BCUT2D eigenvalue weighted by Gasteiger charge is -2.28. The van der Waals surface area contributed by atoms with Crippen LogP contribution in [-0.2, 0) is 16.0 Å². The lowest BCUT2D eigenvalue weighted by Crippen LogP contribution is -2.36. The Bertz CT molecular complexity index is 774. The maximum Gasteiger partial charge on any atom is 0.526 e. The molecule has 170 valence electrons. The van der Waals surface area contributed by atoms with Crippen LogP contribution in [0, 0.1) is 5.92 Å². The van der Waals surface area contributed by atoms with Gasteiger partial charge in [-0.1, -0.05) is 44.2 Å². The number of ether oxygens (including phenoxy) is 1. The molecule has 8 heteroatoms. The van der Waals surface area contributed by atoms with Gasteiger partial charge in [0.2, 0.25) is 5.92 Å². The molecule has 0 aromatic heterocycles. The van der Waals surface area contributed by atoms with Crippen LogP contribution < -0.4 is 4.65 Å². The molecule has 1 aromatic carbocycles. The quantitative estimate of drug-likeness (QED) is 0.436. The number of benzene rings is 1. The van der Waals surface area contributed by atoms with Gasteiger partial charge in [0, 0.05) is 25.1 Å². The van der Waals surface area contributed by atoms with Gasteiger partial charge in [-0.05, 0) is 37.3 Å². The van der Waals surface area contributed by atoms with Gasteiger partial charge >= 0.3 is 13.1 Å². The molecule has 0 saturated heterocycles. The van der Waals surface area contributed by atoms with Crippen molar-refractivity contribution in [1.82, 2.24) is 0 Å².